The monoisotopic (exact) mass is 226 g/mol. The van der Waals surface area contributed by atoms with Crippen molar-refractivity contribution in [3.63, 3.8) is 0 Å². The lowest BCUT2D eigenvalue weighted by atomic mass is 10.1. The molecule has 88 valence electrons. The van der Waals surface area contributed by atoms with Gasteiger partial charge in [-0.3, -0.25) is 4.79 Å². The van der Waals surface area contributed by atoms with E-state index in [1.54, 1.807) is 6.92 Å². The molecular weight excluding hydrogens is 212 g/mol. The van der Waals surface area contributed by atoms with Gasteiger partial charge in [0.05, 0.1) is 20.3 Å². The zero-order valence-corrected chi connectivity index (χ0v) is 9.43. The second-order valence-electron chi connectivity index (χ2n) is 3.11. The zero-order valence-electron chi connectivity index (χ0n) is 9.43. The van der Waals surface area contributed by atoms with Crippen LogP contribution in [0.1, 0.15) is 25.1 Å². The van der Waals surface area contributed by atoms with Gasteiger partial charge in [-0.2, -0.15) is 9.97 Å². The SMILES string of the molecule is CCC(C(=O)O)c1nc(OC)cc(OC)n1. The molecule has 1 unspecified atom stereocenters. The number of rotatable bonds is 5. The summed E-state index contributed by atoms with van der Waals surface area (Å²) >= 11 is 0. The highest BCUT2D eigenvalue weighted by molar-refractivity contribution is 5.74. The first-order chi connectivity index (χ1) is 7.62. The fraction of sp³-hybridized carbons (Fsp3) is 0.500. The number of carboxylic acids is 1. The summed E-state index contributed by atoms with van der Waals surface area (Å²) in [6.07, 6.45) is 0.408. The topological polar surface area (TPSA) is 81.5 Å². The maximum atomic E-state index is 11.0. The predicted octanol–water partition coefficient (Wildman–Crippen LogP) is 1.07. The summed E-state index contributed by atoms with van der Waals surface area (Å²) < 4.78 is 9.90. The molecule has 1 atom stereocenters. The number of carbonyl (C=O) groups is 1. The summed E-state index contributed by atoms with van der Waals surface area (Å²) in [6.45, 7) is 1.76. The molecule has 1 N–H and O–H groups in total. The quantitative estimate of drug-likeness (QED) is 0.808. The number of hydrogen-bond donors (Lipinski definition) is 1. The van der Waals surface area contributed by atoms with Crippen molar-refractivity contribution in [2.45, 2.75) is 19.3 Å². The molecule has 6 nitrogen and oxygen atoms in total. The van der Waals surface area contributed by atoms with Crippen molar-refractivity contribution in [3.8, 4) is 11.8 Å². The standard InChI is InChI=1S/C10H14N2O4/c1-4-6(10(13)14)9-11-7(15-2)5-8(12-9)16-3/h5-6H,4H2,1-3H3,(H,13,14). The highest BCUT2D eigenvalue weighted by Crippen LogP contribution is 2.22. The van der Waals surface area contributed by atoms with Crippen molar-refractivity contribution in [1.82, 2.24) is 9.97 Å². The van der Waals surface area contributed by atoms with E-state index in [9.17, 15) is 4.79 Å². The van der Waals surface area contributed by atoms with Crippen molar-refractivity contribution in [2.24, 2.45) is 0 Å². The minimum Gasteiger partial charge on any atom is -0.481 e. The second kappa shape index (κ2) is 5.29. The van der Waals surface area contributed by atoms with E-state index >= 15 is 0 Å². The van der Waals surface area contributed by atoms with Crippen molar-refractivity contribution in [2.75, 3.05) is 14.2 Å². The Hall–Kier alpha value is -1.85. The molecule has 0 aliphatic rings. The van der Waals surface area contributed by atoms with Crippen LogP contribution < -0.4 is 9.47 Å². The molecule has 1 heterocycles. The van der Waals surface area contributed by atoms with E-state index in [1.165, 1.54) is 20.3 Å². The molecule has 1 aromatic rings. The fourth-order valence-corrected chi connectivity index (χ4v) is 1.25. The van der Waals surface area contributed by atoms with E-state index in [2.05, 4.69) is 9.97 Å². The molecule has 1 aromatic heterocycles. The van der Waals surface area contributed by atoms with E-state index in [0.29, 0.717) is 18.2 Å². The maximum Gasteiger partial charge on any atom is 0.314 e. The first-order valence-electron chi connectivity index (χ1n) is 4.82. The van der Waals surface area contributed by atoms with Gasteiger partial charge in [0.1, 0.15) is 5.92 Å². The average molecular weight is 226 g/mol. The van der Waals surface area contributed by atoms with Crippen LogP contribution in [0.25, 0.3) is 0 Å². The summed E-state index contributed by atoms with van der Waals surface area (Å²) in [5, 5.41) is 8.99. The molecular formula is C10H14N2O4. The van der Waals surface area contributed by atoms with Crippen LogP contribution in [0.3, 0.4) is 0 Å². The van der Waals surface area contributed by atoms with Gasteiger partial charge < -0.3 is 14.6 Å². The van der Waals surface area contributed by atoms with Crippen LogP contribution in [0, 0.1) is 0 Å². The summed E-state index contributed by atoms with van der Waals surface area (Å²) in [6, 6.07) is 1.50. The largest absolute Gasteiger partial charge is 0.481 e. The van der Waals surface area contributed by atoms with Crippen LogP contribution in [0.15, 0.2) is 6.07 Å². The van der Waals surface area contributed by atoms with Crippen LogP contribution in [0.5, 0.6) is 11.8 Å². The van der Waals surface area contributed by atoms with Gasteiger partial charge in [-0.05, 0) is 6.42 Å². The van der Waals surface area contributed by atoms with Crippen molar-refractivity contribution in [1.29, 1.82) is 0 Å². The van der Waals surface area contributed by atoms with Crippen molar-refractivity contribution in [3.05, 3.63) is 11.9 Å². The third-order valence-electron chi connectivity index (χ3n) is 2.13. The lowest BCUT2D eigenvalue weighted by molar-refractivity contribution is -0.139. The summed E-state index contributed by atoms with van der Waals surface area (Å²) in [5.74, 6) is -0.920. The highest BCUT2D eigenvalue weighted by Gasteiger charge is 2.22. The normalized spacial score (nSPS) is 11.9. The Morgan fingerprint density at radius 1 is 1.38 bits per heavy atom. The van der Waals surface area contributed by atoms with Gasteiger partial charge in [-0.15, -0.1) is 0 Å². The molecule has 0 amide bonds. The molecule has 0 aromatic carbocycles. The number of carboxylic acid groups (broad SMARTS) is 1. The predicted molar refractivity (Wildman–Crippen MR) is 55.8 cm³/mol. The summed E-state index contributed by atoms with van der Waals surface area (Å²) in [7, 11) is 2.90. The van der Waals surface area contributed by atoms with E-state index in [4.69, 9.17) is 14.6 Å². The van der Waals surface area contributed by atoms with Gasteiger partial charge in [0.15, 0.2) is 5.82 Å². The molecule has 16 heavy (non-hydrogen) atoms. The number of aromatic nitrogens is 2. The Bertz CT molecular complexity index is 359. The molecule has 0 saturated carbocycles. The van der Waals surface area contributed by atoms with Crippen molar-refractivity contribution >= 4 is 5.97 Å². The highest BCUT2D eigenvalue weighted by atomic mass is 16.5. The number of methoxy groups -OCH3 is 2. The minimum absolute atomic E-state index is 0.200. The van der Waals surface area contributed by atoms with Gasteiger partial charge in [0, 0.05) is 0 Å². The van der Waals surface area contributed by atoms with Crippen molar-refractivity contribution < 1.29 is 19.4 Å². The third kappa shape index (κ3) is 2.59. The van der Waals surface area contributed by atoms with E-state index in [1.807, 2.05) is 0 Å². The van der Waals surface area contributed by atoms with E-state index in [-0.39, 0.29) is 5.82 Å². The fourth-order valence-electron chi connectivity index (χ4n) is 1.25. The number of nitrogens with zero attached hydrogens (tertiary/aromatic N) is 2. The Kier molecular flexibility index (Phi) is 4.04. The smallest absolute Gasteiger partial charge is 0.314 e. The van der Waals surface area contributed by atoms with Gasteiger partial charge in [-0.1, -0.05) is 6.92 Å². The first kappa shape index (κ1) is 12.2. The lowest BCUT2D eigenvalue weighted by Crippen LogP contribution is -2.14. The Morgan fingerprint density at radius 3 is 2.19 bits per heavy atom. The Morgan fingerprint density at radius 2 is 1.88 bits per heavy atom. The van der Waals surface area contributed by atoms with Gasteiger partial charge in [0.2, 0.25) is 11.8 Å². The molecule has 0 aliphatic heterocycles. The average Bonchev–Trinajstić information content (AvgIpc) is 2.29. The van der Waals surface area contributed by atoms with E-state index in [0.717, 1.165) is 0 Å². The molecule has 0 radical (unpaired) electrons. The van der Waals surface area contributed by atoms with Crippen LogP contribution in [0.4, 0.5) is 0 Å². The number of aliphatic carboxylic acids is 1. The molecule has 6 heteroatoms. The molecule has 0 spiro atoms. The summed E-state index contributed by atoms with van der Waals surface area (Å²) in [5.41, 5.74) is 0. The minimum atomic E-state index is -0.960. The third-order valence-corrected chi connectivity index (χ3v) is 2.13. The van der Waals surface area contributed by atoms with Gasteiger partial charge >= 0.3 is 5.97 Å². The molecule has 0 saturated heterocycles. The van der Waals surface area contributed by atoms with Crippen LogP contribution in [0.2, 0.25) is 0 Å². The number of hydrogen-bond acceptors (Lipinski definition) is 5. The van der Waals surface area contributed by atoms with Crippen LogP contribution in [-0.4, -0.2) is 35.3 Å². The number of ether oxygens (including phenoxy) is 2. The van der Waals surface area contributed by atoms with Crippen LogP contribution >= 0.6 is 0 Å². The van der Waals surface area contributed by atoms with Gasteiger partial charge in [-0.25, -0.2) is 0 Å². The van der Waals surface area contributed by atoms with E-state index < -0.39 is 11.9 Å². The molecule has 0 fully saturated rings. The van der Waals surface area contributed by atoms with Gasteiger partial charge in [0.25, 0.3) is 0 Å². The molecule has 1 rings (SSSR count). The second-order valence-corrected chi connectivity index (χ2v) is 3.11. The zero-order chi connectivity index (χ0) is 12.1. The lowest BCUT2D eigenvalue weighted by Gasteiger charge is -2.10. The maximum absolute atomic E-state index is 11.0. The summed E-state index contributed by atoms with van der Waals surface area (Å²) in [4.78, 5) is 19.0. The Labute approximate surface area is 93.2 Å². The van der Waals surface area contributed by atoms with Crippen LogP contribution in [-0.2, 0) is 4.79 Å². The molecule has 0 bridgehead atoms. The Balaban J connectivity index is 3.15. The molecule has 0 aliphatic carbocycles. The first-order valence-corrected chi connectivity index (χ1v) is 4.82.